The lowest BCUT2D eigenvalue weighted by molar-refractivity contribution is -0.139. The van der Waals surface area contributed by atoms with Crippen LogP contribution in [0.1, 0.15) is 44.1 Å². The molecule has 1 aliphatic rings. The molecule has 1 saturated carbocycles. The summed E-state index contributed by atoms with van der Waals surface area (Å²) in [6.07, 6.45) is 8.66. The lowest BCUT2D eigenvalue weighted by Crippen LogP contribution is -2.12. The summed E-state index contributed by atoms with van der Waals surface area (Å²) in [6.45, 7) is 1.04. The molecule has 0 atom stereocenters. The Kier molecular flexibility index (Phi) is 5.90. The molecule has 0 amide bonds. The Bertz CT molecular complexity index is 408. The van der Waals surface area contributed by atoms with Gasteiger partial charge in [-0.25, -0.2) is 0 Å². The van der Waals surface area contributed by atoms with Crippen LogP contribution >= 0.6 is 0 Å². The van der Waals surface area contributed by atoms with E-state index in [1.807, 2.05) is 24.3 Å². The number of nitrogens with one attached hydrogen (secondary N) is 1. The van der Waals surface area contributed by atoms with Gasteiger partial charge in [0.2, 0.25) is 0 Å². The predicted octanol–water partition coefficient (Wildman–Crippen LogP) is 3.78. The molecule has 1 aromatic carbocycles. The summed E-state index contributed by atoms with van der Waals surface area (Å²) in [6, 6.07) is 8.05. The number of carbonyl (C=O) groups excluding carboxylic acids is 1. The highest BCUT2D eigenvalue weighted by Crippen LogP contribution is 2.26. The number of benzene rings is 1. The van der Waals surface area contributed by atoms with Crippen LogP contribution in [0.3, 0.4) is 0 Å². The van der Waals surface area contributed by atoms with E-state index in [1.165, 1.54) is 45.6 Å². The van der Waals surface area contributed by atoms with Crippen LogP contribution < -0.4 is 5.32 Å². The van der Waals surface area contributed by atoms with Gasteiger partial charge in [0, 0.05) is 12.2 Å². The van der Waals surface area contributed by atoms with Crippen molar-refractivity contribution in [3.63, 3.8) is 0 Å². The lowest BCUT2D eigenvalue weighted by atomic mass is 9.87. The Labute approximate surface area is 121 Å². The number of ether oxygens (including phenoxy) is 1. The number of anilines is 1. The van der Waals surface area contributed by atoms with Gasteiger partial charge in [-0.15, -0.1) is 0 Å². The number of esters is 1. The van der Waals surface area contributed by atoms with Gasteiger partial charge in [-0.05, 0) is 30.0 Å². The van der Waals surface area contributed by atoms with E-state index in [4.69, 9.17) is 0 Å². The van der Waals surface area contributed by atoms with E-state index in [0.29, 0.717) is 6.42 Å². The molecule has 1 aliphatic carbocycles. The van der Waals surface area contributed by atoms with Gasteiger partial charge in [0.15, 0.2) is 0 Å². The fraction of sp³-hybridized carbons (Fsp3) is 0.588. The summed E-state index contributed by atoms with van der Waals surface area (Å²) < 4.78 is 4.66. The Morgan fingerprint density at radius 1 is 1.20 bits per heavy atom. The first-order valence-electron chi connectivity index (χ1n) is 7.67. The van der Waals surface area contributed by atoms with Crippen molar-refractivity contribution in [2.75, 3.05) is 19.0 Å². The molecule has 1 fully saturated rings. The van der Waals surface area contributed by atoms with Gasteiger partial charge in [0.1, 0.15) is 0 Å². The molecule has 110 valence electrons. The van der Waals surface area contributed by atoms with Crippen molar-refractivity contribution in [2.24, 2.45) is 5.92 Å². The summed E-state index contributed by atoms with van der Waals surface area (Å²) >= 11 is 0. The van der Waals surface area contributed by atoms with E-state index in [0.717, 1.165) is 23.7 Å². The molecule has 0 aliphatic heterocycles. The lowest BCUT2D eigenvalue weighted by Gasteiger charge is -2.21. The maximum atomic E-state index is 11.2. The number of hydrogen-bond acceptors (Lipinski definition) is 3. The summed E-state index contributed by atoms with van der Waals surface area (Å²) in [7, 11) is 1.42. The third-order valence-electron chi connectivity index (χ3n) is 4.14. The van der Waals surface area contributed by atoms with E-state index in [2.05, 4.69) is 10.1 Å². The van der Waals surface area contributed by atoms with Crippen LogP contribution in [0.2, 0.25) is 0 Å². The van der Waals surface area contributed by atoms with Crippen molar-refractivity contribution in [3.05, 3.63) is 29.8 Å². The number of methoxy groups -OCH3 is 1. The molecule has 0 spiro atoms. The van der Waals surface area contributed by atoms with Crippen LogP contribution in [0.25, 0.3) is 0 Å². The second-order valence-corrected chi connectivity index (χ2v) is 5.67. The van der Waals surface area contributed by atoms with E-state index < -0.39 is 0 Å². The van der Waals surface area contributed by atoms with Crippen molar-refractivity contribution in [1.29, 1.82) is 0 Å². The largest absolute Gasteiger partial charge is 0.469 e. The average molecular weight is 275 g/mol. The molecule has 0 saturated heterocycles. The molecule has 0 heterocycles. The van der Waals surface area contributed by atoms with Gasteiger partial charge >= 0.3 is 5.97 Å². The fourth-order valence-corrected chi connectivity index (χ4v) is 2.88. The summed E-state index contributed by atoms with van der Waals surface area (Å²) in [4.78, 5) is 11.2. The highest BCUT2D eigenvalue weighted by molar-refractivity contribution is 5.72. The Morgan fingerprint density at radius 3 is 2.55 bits per heavy atom. The van der Waals surface area contributed by atoms with E-state index >= 15 is 0 Å². The highest BCUT2D eigenvalue weighted by atomic mass is 16.5. The maximum absolute atomic E-state index is 11.2. The molecular formula is C17H25NO2. The van der Waals surface area contributed by atoms with Crippen LogP contribution in [-0.2, 0) is 16.0 Å². The number of hydrogen-bond donors (Lipinski definition) is 1. The van der Waals surface area contributed by atoms with Crippen LogP contribution in [0.4, 0.5) is 5.69 Å². The molecule has 3 nitrogen and oxygen atoms in total. The zero-order valence-electron chi connectivity index (χ0n) is 12.4. The quantitative estimate of drug-likeness (QED) is 0.803. The molecule has 0 radical (unpaired) electrons. The van der Waals surface area contributed by atoms with E-state index in [-0.39, 0.29) is 5.97 Å². The minimum absolute atomic E-state index is 0.192. The fourth-order valence-electron chi connectivity index (χ4n) is 2.88. The van der Waals surface area contributed by atoms with Crippen LogP contribution in [-0.4, -0.2) is 19.6 Å². The maximum Gasteiger partial charge on any atom is 0.309 e. The molecule has 0 bridgehead atoms. The molecule has 0 unspecified atom stereocenters. The molecule has 2 rings (SSSR count). The first kappa shape index (κ1) is 14.9. The third-order valence-corrected chi connectivity index (χ3v) is 4.14. The number of carbonyl (C=O) groups is 1. The number of rotatable bonds is 6. The Hall–Kier alpha value is -1.51. The van der Waals surface area contributed by atoms with Gasteiger partial charge in [0.05, 0.1) is 13.5 Å². The SMILES string of the molecule is COC(=O)Cc1ccc(NCCC2CCCCC2)cc1. The minimum atomic E-state index is -0.192. The van der Waals surface area contributed by atoms with Crippen molar-refractivity contribution < 1.29 is 9.53 Å². The third kappa shape index (κ3) is 4.87. The smallest absolute Gasteiger partial charge is 0.309 e. The Balaban J connectivity index is 1.71. The van der Waals surface area contributed by atoms with Crippen molar-refractivity contribution in [1.82, 2.24) is 0 Å². The van der Waals surface area contributed by atoms with Gasteiger partial charge < -0.3 is 10.1 Å². The molecular weight excluding hydrogens is 250 g/mol. The zero-order valence-corrected chi connectivity index (χ0v) is 12.4. The second kappa shape index (κ2) is 7.93. The van der Waals surface area contributed by atoms with Crippen molar-refractivity contribution in [3.8, 4) is 0 Å². The molecule has 3 heteroatoms. The molecule has 0 aromatic heterocycles. The standard InChI is InChI=1S/C17H25NO2/c1-20-17(19)13-15-7-9-16(10-8-15)18-12-11-14-5-3-2-4-6-14/h7-10,14,18H,2-6,11-13H2,1H3. The van der Waals surface area contributed by atoms with E-state index in [1.54, 1.807) is 0 Å². The minimum Gasteiger partial charge on any atom is -0.469 e. The van der Waals surface area contributed by atoms with Gasteiger partial charge in [-0.2, -0.15) is 0 Å². The van der Waals surface area contributed by atoms with Gasteiger partial charge in [-0.3, -0.25) is 4.79 Å². The summed E-state index contributed by atoms with van der Waals surface area (Å²) in [5.74, 6) is 0.720. The van der Waals surface area contributed by atoms with Crippen molar-refractivity contribution in [2.45, 2.75) is 44.9 Å². The molecule has 20 heavy (non-hydrogen) atoms. The van der Waals surface area contributed by atoms with Gasteiger partial charge in [0.25, 0.3) is 0 Å². The summed E-state index contributed by atoms with van der Waals surface area (Å²) in [5, 5.41) is 3.47. The normalized spacial score (nSPS) is 15.8. The van der Waals surface area contributed by atoms with Crippen LogP contribution in [0.5, 0.6) is 0 Å². The predicted molar refractivity (Wildman–Crippen MR) is 81.8 cm³/mol. The Morgan fingerprint density at radius 2 is 1.90 bits per heavy atom. The first-order valence-corrected chi connectivity index (χ1v) is 7.67. The zero-order chi connectivity index (χ0) is 14.2. The highest BCUT2D eigenvalue weighted by Gasteiger charge is 2.12. The second-order valence-electron chi connectivity index (χ2n) is 5.67. The first-order chi connectivity index (χ1) is 9.78. The molecule has 1 aromatic rings. The average Bonchev–Trinajstić information content (AvgIpc) is 2.50. The van der Waals surface area contributed by atoms with Gasteiger partial charge in [-0.1, -0.05) is 44.2 Å². The molecule has 1 N–H and O–H groups in total. The van der Waals surface area contributed by atoms with Crippen LogP contribution in [0.15, 0.2) is 24.3 Å². The summed E-state index contributed by atoms with van der Waals surface area (Å²) in [5.41, 5.74) is 2.13. The van der Waals surface area contributed by atoms with E-state index in [9.17, 15) is 4.79 Å². The monoisotopic (exact) mass is 275 g/mol. The topological polar surface area (TPSA) is 38.3 Å². The van der Waals surface area contributed by atoms with Crippen LogP contribution in [0, 0.1) is 5.92 Å². The van der Waals surface area contributed by atoms with Crippen molar-refractivity contribution >= 4 is 11.7 Å².